The second kappa shape index (κ2) is 6.26. The number of carbonyl (C=O) groups excluding carboxylic acids is 1. The summed E-state index contributed by atoms with van der Waals surface area (Å²) in [5.74, 6) is -0.374. The first-order valence-corrected chi connectivity index (χ1v) is 8.96. The fourth-order valence-corrected chi connectivity index (χ4v) is 4.25. The molecule has 1 aromatic carbocycles. The highest BCUT2D eigenvalue weighted by Gasteiger charge is 2.30. The van der Waals surface area contributed by atoms with Crippen LogP contribution in [0.5, 0.6) is 5.75 Å². The first kappa shape index (κ1) is 16.8. The van der Waals surface area contributed by atoms with Gasteiger partial charge in [-0.3, -0.25) is 4.79 Å². The van der Waals surface area contributed by atoms with Crippen molar-refractivity contribution in [2.45, 2.75) is 37.6 Å². The molecule has 1 aliphatic heterocycles. The molecule has 7 heteroatoms. The standard InChI is InChI=1S/C15H22N2O4S/c1-4-22(19,20)12-8-10(15(16)18)14(21-3)9(2)13(12)11-6-5-7-17-11/h8,11,17H,4-7H2,1-3H3,(H2,16,18). The summed E-state index contributed by atoms with van der Waals surface area (Å²) in [4.78, 5) is 11.8. The molecule has 122 valence electrons. The number of sulfone groups is 1. The Morgan fingerprint density at radius 2 is 2.18 bits per heavy atom. The lowest BCUT2D eigenvalue weighted by atomic mass is 9.96. The number of amides is 1. The van der Waals surface area contributed by atoms with Gasteiger partial charge in [0.2, 0.25) is 0 Å². The second-order valence-electron chi connectivity index (χ2n) is 5.41. The molecule has 0 radical (unpaired) electrons. The van der Waals surface area contributed by atoms with Crippen LogP contribution < -0.4 is 15.8 Å². The van der Waals surface area contributed by atoms with Gasteiger partial charge in [0, 0.05) is 6.04 Å². The van der Waals surface area contributed by atoms with Crippen molar-refractivity contribution in [2.24, 2.45) is 5.73 Å². The zero-order valence-electron chi connectivity index (χ0n) is 13.1. The fraction of sp³-hybridized carbons (Fsp3) is 0.533. The van der Waals surface area contributed by atoms with Crippen LogP contribution in [-0.4, -0.2) is 33.7 Å². The third-order valence-electron chi connectivity index (χ3n) is 4.12. The molecule has 1 atom stereocenters. The summed E-state index contributed by atoms with van der Waals surface area (Å²) in [5, 5.41) is 3.31. The lowest BCUT2D eigenvalue weighted by Crippen LogP contribution is -2.22. The largest absolute Gasteiger partial charge is 0.496 e. The summed E-state index contributed by atoms with van der Waals surface area (Å²) in [6.45, 7) is 4.20. The number of nitrogens with two attached hydrogens (primary N) is 1. The van der Waals surface area contributed by atoms with Gasteiger partial charge in [0.1, 0.15) is 5.75 Å². The maximum absolute atomic E-state index is 12.5. The van der Waals surface area contributed by atoms with Crippen LogP contribution in [0.25, 0.3) is 0 Å². The first-order chi connectivity index (χ1) is 10.3. The summed E-state index contributed by atoms with van der Waals surface area (Å²) < 4.78 is 30.3. The number of ether oxygens (including phenoxy) is 1. The molecule has 1 aliphatic rings. The van der Waals surface area contributed by atoms with E-state index < -0.39 is 15.7 Å². The maximum Gasteiger partial charge on any atom is 0.252 e. The van der Waals surface area contributed by atoms with Crippen LogP contribution in [0.2, 0.25) is 0 Å². The average Bonchev–Trinajstić information content (AvgIpc) is 2.99. The minimum atomic E-state index is -3.47. The molecule has 1 fully saturated rings. The van der Waals surface area contributed by atoms with Crippen LogP contribution >= 0.6 is 0 Å². The van der Waals surface area contributed by atoms with E-state index in [0.717, 1.165) is 19.4 Å². The van der Waals surface area contributed by atoms with Crippen molar-refractivity contribution in [3.05, 3.63) is 22.8 Å². The molecule has 0 spiro atoms. The van der Waals surface area contributed by atoms with E-state index in [1.165, 1.54) is 13.2 Å². The topological polar surface area (TPSA) is 98.5 Å². The molecule has 0 aliphatic carbocycles. The SMILES string of the molecule is CCS(=O)(=O)c1cc(C(N)=O)c(OC)c(C)c1C1CCCN1. The molecule has 22 heavy (non-hydrogen) atoms. The third kappa shape index (κ3) is 2.83. The van der Waals surface area contributed by atoms with Crippen molar-refractivity contribution < 1.29 is 17.9 Å². The Labute approximate surface area is 131 Å². The molecule has 1 aromatic rings. The fourth-order valence-electron chi connectivity index (χ4n) is 3.01. The van der Waals surface area contributed by atoms with Gasteiger partial charge >= 0.3 is 0 Å². The van der Waals surface area contributed by atoms with Crippen molar-refractivity contribution in [3.63, 3.8) is 0 Å². The summed E-state index contributed by atoms with van der Waals surface area (Å²) in [7, 11) is -2.02. The molecule has 0 bridgehead atoms. The van der Waals surface area contributed by atoms with Crippen LogP contribution in [0.4, 0.5) is 0 Å². The van der Waals surface area contributed by atoms with Crippen molar-refractivity contribution >= 4 is 15.7 Å². The molecular formula is C15H22N2O4S. The molecule has 2 rings (SSSR count). The Kier molecular flexibility index (Phi) is 4.77. The normalized spacial score (nSPS) is 18.4. The van der Waals surface area contributed by atoms with Gasteiger partial charge in [-0.25, -0.2) is 8.42 Å². The van der Waals surface area contributed by atoms with E-state index in [0.29, 0.717) is 16.9 Å². The summed E-state index contributed by atoms with van der Waals surface area (Å²) in [5.41, 5.74) is 6.85. The third-order valence-corrected chi connectivity index (χ3v) is 5.89. The number of primary amides is 1. The molecule has 1 amide bonds. The van der Waals surface area contributed by atoms with Crippen LogP contribution in [-0.2, 0) is 9.84 Å². The van der Waals surface area contributed by atoms with Crippen molar-refractivity contribution in [3.8, 4) is 5.75 Å². The van der Waals surface area contributed by atoms with Gasteiger partial charge in [-0.1, -0.05) is 6.92 Å². The Hall–Kier alpha value is -1.60. The zero-order valence-corrected chi connectivity index (χ0v) is 13.9. The average molecular weight is 326 g/mol. The molecule has 1 unspecified atom stereocenters. The van der Waals surface area contributed by atoms with E-state index in [-0.39, 0.29) is 22.3 Å². The Morgan fingerprint density at radius 3 is 2.64 bits per heavy atom. The number of hydrogen-bond donors (Lipinski definition) is 2. The maximum atomic E-state index is 12.5. The second-order valence-corrected chi connectivity index (χ2v) is 7.66. The number of hydrogen-bond acceptors (Lipinski definition) is 5. The Morgan fingerprint density at radius 1 is 1.50 bits per heavy atom. The summed E-state index contributed by atoms with van der Waals surface area (Å²) >= 11 is 0. The minimum absolute atomic E-state index is 0.0311. The molecule has 1 heterocycles. The highest BCUT2D eigenvalue weighted by molar-refractivity contribution is 7.91. The van der Waals surface area contributed by atoms with E-state index in [4.69, 9.17) is 10.5 Å². The zero-order chi connectivity index (χ0) is 16.5. The predicted octanol–water partition coefficient (Wildman–Crippen LogP) is 1.32. The van der Waals surface area contributed by atoms with E-state index >= 15 is 0 Å². The van der Waals surface area contributed by atoms with E-state index in [1.54, 1.807) is 13.8 Å². The van der Waals surface area contributed by atoms with Crippen molar-refractivity contribution in [1.82, 2.24) is 5.32 Å². The van der Waals surface area contributed by atoms with Crippen LogP contribution in [0.15, 0.2) is 11.0 Å². The van der Waals surface area contributed by atoms with Gasteiger partial charge in [-0.05, 0) is 43.5 Å². The van der Waals surface area contributed by atoms with Crippen LogP contribution in [0.3, 0.4) is 0 Å². The molecule has 3 N–H and O–H groups in total. The Bertz CT molecular complexity index is 692. The monoisotopic (exact) mass is 326 g/mol. The number of carbonyl (C=O) groups is 1. The predicted molar refractivity (Wildman–Crippen MR) is 84.0 cm³/mol. The first-order valence-electron chi connectivity index (χ1n) is 7.30. The smallest absolute Gasteiger partial charge is 0.252 e. The quantitative estimate of drug-likeness (QED) is 0.850. The van der Waals surface area contributed by atoms with E-state index in [9.17, 15) is 13.2 Å². The van der Waals surface area contributed by atoms with E-state index in [1.807, 2.05) is 0 Å². The molecular weight excluding hydrogens is 304 g/mol. The van der Waals surface area contributed by atoms with Gasteiger partial charge in [0.25, 0.3) is 5.91 Å². The lowest BCUT2D eigenvalue weighted by molar-refractivity contribution is 0.0997. The number of methoxy groups -OCH3 is 1. The molecule has 1 saturated heterocycles. The van der Waals surface area contributed by atoms with Gasteiger partial charge < -0.3 is 15.8 Å². The Balaban J connectivity index is 2.81. The van der Waals surface area contributed by atoms with Crippen LogP contribution in [0.1, 0.15) is 47.3 Å². The number of benzene rings is 1. The van der Waals surface area contributed by atoms with Crippen LogP contribution in [0, 0.1) is 6.92 Å². The van der Waals surface area contributed by atoms with Gasteiger partial charge in [-0.15, -0.1) is 0 Å². The van der Waals surface area contributed by atoms with Gasteiger partial charge in [0.05, 0.1) is 23.3 Å². The molecule has 6 nitrogen and oxygen atoms in total. The van der Waals surface area contributed by atoms with Crippen molar-refractivity contribution in [2.75, 3.05) is 19.4 Å². The molecule has 0 saturated carbocycles. The van der Waals surface area contributed by atoms with Gasteiger partial charge in [-0.2, -0.15) is 0 Å². The number of nitrogens with one attached hydrogen (secondary N) is 1. The number of rotatable bonds is 5. The van der Waals surface area contributed by atoms with Crippen molar-refractivity contribution in [1.29, 1.82) is 0 Å². The minimum Gasteiger partial charge on any atom is -0.496 e. The summed E-state index contributed by atoms with van der Waals surface area (Å²) in [6.07, 6.45) is 1.84. The van der Waals surface area contributed by atoms with Gasteiger partial charge in [0.15, 0.2) is 9.84 Å². The van der Waals surface area contributed by atoms with E-state index in [2.05, 4.69) is 5.32 Å². The lowest BCUT2D eigenvalue weighted by Gasteiger charge is -2.22. The highest BCUT2D eigenvalue weighted by atomic mass is 32.2. The summed E-state index contributed by atoms with van der Waals surface area (Å²) in [6, 6.07) is 1.31. The molecule has 0 aromatic heterocycles. The highest BCUT2D eigenvalue weighted by Crippen LogP contribution is 2.38.